The molecule has 4 N–H and O–H groups in total. The lowest BCUT2D eigenvalue weighted by atomic mass is 9.91. The minimum absolute atomic E-state index is 0.187. The summed E-state index contributed by atoms with van der Waals surface area (Å²) in [6.07, 6.45) is 3.92. The van der Waals surface area contributed by atoms with Crippen molar-refractivity contribution in [1.82, 2.24) is 0 Å². The van der Waals surface area contributed by atoms with E-state index in [0.29, 0.717) is 11.7 Å². The highest BCUT2D eigenvalue weighted by Gasteiger charge is 2.25. The number of rotatable bonds is 3. The summed E-state index contributed by atoms with van der Waals surface area (Å²) in [4.78, 5) is 2.21. The third kappa shape index (κ3) is 3.26. The molecule has 0 radical (unpaired) electrons. The van der Waals surface area contributed by atoms with Gasteiger partial charge < -0.3 is 10.6 Å². The minimum Gasteiger partial charge on any atom is -0.371 e. The summed E-state index contributed by atoms with van der Waals surface area (Å²) in [6.45, 7) is 0. The van der Waals surface area contributed by atoms with E-state index in [2.05, 4.69) is 0 Å². The molecule has 0 atom stereocenters. The van der Waals surface area contributed by atoms with Gasteiger partial charge in [-0.15, -0.1) is 0 Å². The first-order chi connectivity index (χ1) is 8.89. The third-order valence-electron chi connectivity index (χ3n) is 3.84. The van der Waals surface area contributed by atoms with Gasteiger partial charge in [0.25, 0.3) is 0 Å². The Kier molecular flexibility index (Phi) is 4.13. The van der Waals surface area contributed by atoms with Gasteiger partial charge in [0.2, 0.25) is 10.0 Å². The van der Waals surface area contributed by atoms with E-state index in [1.54, 1.807) is 18.2 Å². The van der Waals surface area contributed by atoms with E-state index in [1.165, 1.54) is 0 Å². The number of primary sulfonamides is 1. The van der Waals surface area contributed by atoms with Crippen molar-refractivity contribution in [2.45, 2.75) is 42.7 Å². The van der Waals surface area contributed by atoms with Gasteiger partial charge >= 0.3 is 0 Å². The second-order valence-corrected chi connectivity index (χ2v) is 6.72. The number of nitrogens with two attached hydrogens (primary N) is 2. The molecule has 0 unspecified atom stereocenters. The molecule has 106 valence electrons. The van der Waals surface area contributed by atoms with E-state index in [9.17, 15) is 8.42 Å². The Morgan fingerprint density at radius 3 is 2.32 bits per heavy atom. The quantitative estimate of drug-likeness (QED) is 0.867. The maximum absolute atomic E-state index is 11.6. The Morgan fingerprint density at radius 2 is 1.74 bits per heavy atom. The summed E-state index contributed by atoms with van der Waals surface area (Å²) in [6, 6.07) is 7.47. The van der Waals surface area contributed by atoms with Crippen molar-refractivity contribution < 1.29 is 8.42 Å². The SMILES string of the molecule is CN(c1ccccc1S(N)(=O)=O)C1CCC(N)CC1. The zero-order valence-electron chi connectivity index (χ0n) is 11.1. The summed E-state index contributed by atoms with van der Waals surface area (Å²) in [5, 5.41) is 5.27. The predicted octanol–water partition coefficient (Wildman–Crippen LogP) is 1.04. The summed E-state index contributed by atoms with van der Waals surface area (Å²) in [7, 11) is -1.77. The van der Waals surface area contributed by atoms with Crippen LogP contribution < -0.4 is 15.8 Å². The molecule has 0 aromatic heterocycles. The molecule has 1 aliphatic rings. The van der Waals surface area contributed by atoms with Crippen molar-refractivity contribution >= 4 is 15.7 Å². The van der Waals surface area contributed by atoms with Gasteiger partial charge in [-0.25, -0.2) is 13.6 Å². The van der Waals surface area contributed by atoms with Crippen LogP contribution in [0.2, 0.25) is 0 Å². The van der Waals surface area contributed by atoms with Crippen molar-refractivity contribution in [3.8, 4) is 0 Å². The van der Waals surface area contributed by atoms with Crippen molar-refractivity contribution in [2.75, 3.05) is 11.9 Å². The van der Waals surface area contributed by atoms with Gasteiger partial charge in [-0.3, -0.25) is 0 Å². The van der Waals surface area contributed by atoms with E-state index in [0.717, 1.165) is 25.7 Å². The molecule has 6 heteroatoms. The normalized spacial score (nSPS) is 24.2. The Balaban J connectivity index is 2.27. The van der Waals surface area contributed by atoms with Crippen LogP contribution in [0.1, 0.15) is 25.7 Å². The van der Waals surface area contributed by atoms with Gasteiger partial charge in [0.15, 0.2) is 0 Å². The van der Waals surface area contributed by atoms with E-state index in [-0.39, 0.29) is 10.9 Å². The zero-order chi connectivity index (χ0) is 14.0. The average molecular weight is 283 g/mol. The molecule has 2 rings (SSSR count). The predicted molar refractivity (Wildman–Crippen MR) is 76.4 cm³/mol. The highest BCUT2D eigenvalue weighted by molar-refractivity contribution is 7.89. The molecular weight excluding hydrogens is 262 g/mol. The molecule has 5 nitrogen and oxygen atoms in total. The first-order valence-corrected chi connectivity index (χ1v) is 8.04. The molecule has 19 heavy (non-hydrogen) atoms. The molecule has 0 bridgehead atoms. The van der Waals surface area contributed by atoms with Crippen molar-refractivity contribution in [2.24, 2.45) is 10.9 Å². The molecule has 1 aromatic rings. The summed E-state index contributed by atoms with van der Waals surface area (Å²) in [5.41, 5.74) is 6.57. The lowest BCUT2D eigenvalue weighted by Gasteiger charge is -2.35. The van der Waals surface area contributed by atoms with Gasteiger partial charge in [0.1, 0.15) is 4.90 Å². The van der Waals surface area contributed by atoms with E-state index in [4.69, 9.17) is 10.9 Å². The van der Waals surface area contributed by atoms with Crippen molar-refractivity contribution in [3.63, 3.8) is 0 Å². The van der Waals surface area contributed by atoms with Crippen LogP contribution in [-0.4, -0.2) is 27.5 Å². The molecule has 1 fully saturated rings. The van der Waals surface area contributed by atoms with Crippen LogP contribution in [0.3, 0.4) is 0 Å². The second kappa shape index (κ2) is 5.48. The Bertz CT molecular complexity index is 537. The van der Waals surface area contributed by atoms with Crippen LogP contribution in [0.15, 0.2) is 29.2 Å². The fraction of sp³-hybridized carbons (Fsp3) is 0.538. The fourth-order valence-electron chi connectivity index (χ4n) is 2.67. The molecule has 1 aliphatic carbocycles. The number of para-hydroxylation sites is 1. The first-order valence-electron chi connectivity index (χ1n) is 6.50. The summed E-state index contributed by atoms with van der Waals surface area (Å²) >= 11 is 0. The van der Waals surface area contributed by atoms with Crippen LogP contribution in [0, 0.1) is 0 Å². The first kappa shape index (κ1) is 14.3. The van der Waals surface area contributed by atoms with E-state index in [1.807, 2.05) is 18.0 Å². The van der Waals surface area contributed by atoms with E-state index >= 15 is 0 Å². The van der Waals surface area contributed by atoms with Crippen LogP contribution in [0.4, 0.5) is 5.69 Å². The molecule has 0 aliphatic heterocycles. The van der Waals surface area contributed by atoms with Crippen LogP contribution in [0.25, 0.3) is 0 Å². The lowest BCUT2D eigenvalue weighted by molar-refractivity contribution is 0.384. The summed E-state index contributed by atoms with van der Waals surface area (Å²) < 4.78 is 23.2. The van der Waals surface area contributed by atoms with Crippen LogP contribution in [0.5, 0.6) is 0 Å². The van der Waals surface area contributed by atoms with Gasteiger partial charge in [-0.05, 0) is 37.8 Å². The maximum Gasteiger partial charge on any atom is 0.240 e. The topological polar surface area (TPSA) is 89.4 Å². The number of hydrogen-bond donors (Lipinski definition) is 2. The van der Waals surface area contributed by atoms with E-state index < -0.39 is 10.0 Å². The van der Waals surface area contributed by atoms with Gasteiger partial charge in [-0.2, -0.15) is 0 Å². The monoisotopic (exact) mass is 283 g/mol. The maximum atomic E-state index is 11.6. The molecule has 1 saturated carbocycles. The highest BCUT2D eigenvalue weighted by atomic mass is 32.2. The Hall–Kier alpha value is -1.11. The smallest absolute Gasteiger partial charge is 0.240 e. The molecule has 0 spiro atoms. The van der Waals surface area contributed by atoms with Crippen molar-refractivity contribution in [3.05, 3.63) is 24.3 Å². The van der Waals surface area contributed by atoms with Crippen LogP contribution >= 0.6 is 0 Å². The van der Waals surface area contributed by atoms with Gasteiger partial charge in [-0.1, -0.05) is 12.1 Å². The number of hydrogen-bond acceptors (Lipinski definition) is 4. The second-order valence-electron chi connectivity index (χ2n) is 5.19. The third-order valence-corrected chi connectivity index (χ3v) is 4.80. The average Bonchev–Trinajstić information content (AvgIpc) is 2.38. The summed E-state index contributed by atoms with van der Waals surface area (Å²) in [5.74, 6) is 0. The molecule has 0 amide bonds. The Morgan fingerprint density at radius 1 is 1.16 bits per heavy atom. The number of benzene rings is 1. The largest absolute Gasteiger partial charge is 0.371 e. The molecule has 0 saturated heterocycles. The zero-order valence-corrected chi connectivity index (χ0v) is 11.9. The molecule has 1 aromatic carbocycles. The number of sulfonamides is 1. The minimum atomic E-state index is -3.69. The number of anilines is 1. The number of nitrogens with zero attached hydrogens (tertiary/aromatic N) is 1. The fourth-order valence-corrected chi connectivity index (χ4v) is 3.45. The molecule has 0 heterocycles. The highest BCUT2D eigenvalue weighted by Crippen LogP contribution is 2.29. The lowest BCUT2D eigenvalue weighted by Crippen LogP contribution is -2.39. The van der Waals surface area contributed by atoms with Crippen molar-refractivity contribution in [1.29, 1.82) is 0 Å². The van der Waals surface area contributed by atoms with Gasteiger partial charge in [0.05, 0.1) is 5.69 Å². The van der Waals surface area contributed by atoms with Crippen LogP contribution in [-0.2, 0) is 10.0 Å². The Labute approximate surface area is 114 Å². The molecular formula is C13H21N3O2S. The van der Waals surface area contributed by atoms with Gasteiger partial charge in [0, 0.05) is 19.1 Å². The standard InChI is InChI=1S/C13H21N3O2S/c1-16(11-8-6-10(14)7-9-11)12-4-2-3-5-13(12)19(15,17)18/h2-5,10-11H,6-9,14H2,1H3,(H2,15,17,18).